The highest BCUT2D eigenvalue weighted by Gasteiger charge is 2.57. The molecule has 1 aromatic heterocycles. The van der Waals surface area contributed by atoms with E-state index in [1.165, 1.54) is 12.1 Å². The van der Waals surface area contributed by atoms with Crippen molar-refractivity contribution in [3.63, 3.8) is 0 Å². The lowest BCUT2D eigenvalue weighted by Crippen LogP contribution is -2.33. The van der Waals surface area contributed by atoms with Crippen LogP contribution < -0.4 is 19.8 Å². The molecule has 3 aromatic carbocycles. The van der Waals surface area contributed by atoms with Crippen molar-refractivity contribution in [1.29, 1.82) is 0 Å². The number of nitrogens with zero attached hydrogens (tertiary/aromatic N) is 1. The number of nitrogens with one attached hydrogen (secondary N) is 2. The highest BCUT2D eigenvalue weighted by atomic mass is 32.2. The summed E-state index contributed by atoms with van der Waals surface area (Å²) in [5.74, 6) is -3.87. The van der Waals surface area contributed by atoms with Gasteiger partial charge in [0.25, 0.3) is 5.91 Å². The molecule has 3 atom stereocenters. The van der Waals surface area contributed by atoms with Crippen LogP contribution in [0, 0.1) is 12.8 Å². The SMILES string of the molecule is Cc1cccc(NC(=O)COc2ccccc2[C@@H]2c3sc(=O)[nH]c3S[C@H]3C(=O)N(c4ccccc4C(F)(F)F)C(=O)[C@@H]23)c1. The number of para-hydroxylation sites is 2. The lowest BCUT2D eigenvalue weighted by molar-refractivity contribution is -0.137. The van der Waals surface area contributed by atoms with Crippen molar-refractivity contribution in [2.45, 2.75) is 29.3 Å². The van der Waals surface area contributed by atoms with Crippen LogP contribution in [0.3, 0.4) is 0 Å². The van der Waals surface area contributed by atoms with Gasteiger partial charge < -0.3 is 15.0 Å². The zero-order chi connectivity index (χ0) is 30.5. The Morgan fingerprint density at radius 2 is 1.74 bits per heavy atom. The summed E-state index contributed by atoms with van der Waals surface area (Å²) in [5, 5.41) is 2.01. The normalized spacial score (nSPS) is 19.6. The van der Waals surface area contributed by atoms with E-state index in [0.717, 1.165) is 40.8 Å². The fourth-order valence-corrected chi connectivity index (χ4v) is 7.94. The number of hydrogen-bond donors (Lipinski definition) is 2. The average molecular weight is 626 g/mol. The van der Waals surface area contributed by atoms with E-state index in [0.29, 0.717) is 26.1 Å². The Kier molecular flexibility index (Phi) is 7.38. The molecule has 0 unspecified atom stereocenters. The van der Waals surface area contributed by atoms with Crippen molar-refractivity contribution in [2.75, 3.05) is 16.8 Å². The van der Waals surface area contributed by atoms with Gasteiger partial charge in [0.2, 0.25) is 11.8 Å². The first kappa shape index (κ1) is 28.7. The minimum Gasteiger partial charge on any atom is -0.483 e. The molecule has 8 nitrogen and oxygen atoms in total. The third-order valence-electron chi connectivity index (χ3n) is 7.19. The summed E-state index contributed by atoms with van der Waals surface area (Å²) in [5.41, 5.74) is 0.309. The Morgan fingerprint density at radius 3 is 2.51 bits per heavy atom. The number of imide groups is 1. The number of H-pyrrole nitrogens is 1. The molecule has 220 valence electrons. The van der Waals surface area contributed by atoms with E-state index in [-0.39, 0.29) is 12.4 Å². The van der Waals surface area contributed by atoms with E-state index < -0.39 is 57.1 Å². The summed E-state index contributed by atoms with van der Waals surface area (Å²) in [7, 11) is 0. The first-order chi connectivity index (χ1) is 20.5. The van der Waals surface area contributed by atoms with Crippen molar-refractivity contribution >= 4 is 52.2 Å². The largest absolute Gasteiger partial charge is 0.483 e. The van der Waals surface area contributed by atoms with Crippen molar-refractivity contribution in [3.05, 3.63) is 104 Å². The second-order valence-electron chi connectivity index (χ2n) is 10.0. The van der Waals surface area contributed by atoms with Crippen LogP contribution in [0.25, 0.3) is 0 Å². The molecular weight excluding hydrogens is 603 g/mol. The molecule has 1 fully saturated rings. The summed E-state index contributed by atoms with van der Waals surface area (Å²) in [6.45, 7) is 1.51. The molecule has 2 aliphatic rings. The number of hydrogen-bond acceptors (Lipinski definition) is 7. The van der Waals surface area contributed by atoms with Crippen LogP contribution in [-0.4, -0.2) is 34.6 Å². The van der Waals surface area contributed by atoms with E-state index in [9.17, 15) is 32.3 Å². The minimum absolute atomic E-state index is 0.235. The topological polar surface area (TPSA) is 109 Å². The number of anilines is 2. The van der Waals surface area contributed by atoms with Crippen LogP contribution in [0.2, 0.25) is 0 Å². The number of ether oxygens (including phenoxy) is 1. The Morgan fingerprint density at radius 1 is 1.00 bits per heavy atom. The van der Waals surface area contributed by atoms with Gasteiger partial charge in [0.1, 0.15) is 11.0 Å². The fourth-order valence-electron chi connectivity index (χ4n) is 5.43. The van der Waals surface area contributed by atoms with Crippen molar-refractivity contribution in [3.8, 4) is 5.75 Å². The maximum Gasteiger partial charge on any atom is 0.418 e. The van der Waals surface area contributed by atoms with E-state index >= 15 is 0 Å². The van der Waals surface area contributed by atoms with Gasteiger partial charge in [-0.2, -0.15) is 13.2 Å². The van der Waals surface area contributed by atoms with Gasteiger partial charge in [-0.3, -0.25) is 19.2 Å². The number of thiazole rings is 1. The van der Waals surface area contributed by atoms with Gasteiger partial charge in [0.15, 0.2) is 6.61 Å². The number of aryl methyl sites for hydroxylation is 1. The highest BCUT2D eigenvalue weighted by Crippen LogP contribution is 2.55. The third kappa shape index (κ3) is 5.34. The number of aromatic nitrogens is 1. The molecule has 43 heavy (non-hydrogen) atoms. The maximum absolute atomic E-state index is 14.0. The quantitative estimate of drug-likeness (QED) is 0.271. The van der Waals surface area contributed by atoms with Crippen LogP contribution in [0.1, 0.15) is 27.5 Å². The van der Waals surface area contributed by atoms with E-state index in [1.807, 2.05) is 13.0 Å². The van der Waals surface area contributed by atoms with Crippen LogP contribution in [0.5, 0.6) is 5.75 Å². The molecule has 2 N–H and O–H groups in total. The zero-order valence-corrected chi connectivity index (χ0v) is 23.9. The number of halogens is 3. The molecule has 1 saturated heterocycles. The minimum atomic E-state index is -4.80. The second-order valence-corrected chi connectivity index (χ2v) is 12.2. The monoisotopic (exact) mass is 625 g/mol. The van der Waals surface area contributed by atoms with Gasteiger partial charge in [0.05, 0.1) is 22.2 Å². The Bertz CT molecular complexity index is 1820. The molecule has 6 rings (SSSR count). The predicted molar refractivity (Wildman–Crippen MR) is 156 cm³/mol. The molecule has 2 aliphatic heterocycles. The Hall–Kier alpha value is -4.36. The summed E-state index contributed by atoms with van der Waals surface area (Å²) in [6, 6.07) is 18.3. The van der Waals surface area contributed by atoms with Crippen molar-refractivity contribution in [1.82, 2.24) is 4.98 Å². The van der Waals surface area contributed by atoms with Crippen LogP contribution >= 0.6 is 23.1 Å². The second kappa shape index (κ2) is 11.0. The molecule has 0 bridgehead atoms. The zero-order valence-electron chi connectivity index (χ0n) is 22.3. The lowest BCUT2D eigenvalue weighted by atomic mass is 9.82. The van der Waals surface area contributed by atoms with Gasteiger partial charge in [-0.1, -0.05) is 65.6 Å². The third-order valence-corrected chi connectivity index (χ3v) is 9.59. The molecule has 3 amide bonds. The standard InChI is InChI=1S/C30H22F3N3O5S2/c1-15-7-6-8-16(13-15)34-21(37)14-41-20-12-5-2-9-17(20)22-23-25(42-26-24(22)43-29(40)35-26)28(39)36(27(23)38)19-11-4-3-10-18(19)30(31,32)33/h2-13,22-23,25H,14H2,1H3,(H,34,37)(H,35,40)/t22-,23-,25+/m0/s1. The molecule has 0 saturated carbocycles. The number of carbonyl (C=O) groups excluding carboxylic acids is 3. The van der Waals surface area contributed by atoms with E-state index in [2.05, 4.69) is 10.3 Å². The number of thioether (sulfide) groups is 1. The molecule has 0 radical (unpaired) electrons. The number of aromatic amines is 1. The first-order valence-electron chi connectivity index (χ1n) is 13.0. The lowest BCUT2D eigenvalue weighted by Gasteiger charge is -2.30. The maximum atomic E-state index is 14.0. The van der Waals surface area contributed by atoms with Crippen LogP contribution in [0.15, 0.2) is 82.6 Å². The predicted octanol–water partition coefficient (Wildman–Crippen LogP) is 5.58. The number of fused-ring (bicyclic) bond motifs is 2. The van der Waals surface area contributed by atoms with Crippen LogP contribution in [-0.2, 0) is 20.6 Å². The summed E-state index contributed by atoms with van der Waals surface area (Å²) in [4.78, 5) is 56.1. The number of rotatable bonds is 6. The smallest absolute Gasteiger partial charge is 0.418 e. The average Bonchev–Trinajstić information content (AvgIpc) is 3.45. The first-order valence-corrected chi connectivity index (χ1v) is 14.7. The Balaban J connectivity index is 1.36. The molecule has 0 aliphatic carbocycles. The summed E-state index contributed by atoms with van der Waals surface area (Å²) in [6.07, 6.45) is -4.80. The van der Waals surface area contributed by atoms with Gasteiger partial charge in [0, 0.05) is 22.0 Å². The molecule has 3 heterocycles. The molecule has 13 heteroatoms. The molecule has 4 aromatic rings. The van der Waals surface area contributed by atoms with Gasteiger partial charge in [-0.05, 0) is 42.8 Å². The highest BCUT2D eigenvalue weighted by molar-refractivity contribution is 8.00. The van der Waals surface area contributed by atoms with E-state index in [1.54, 1.807) is 42.5 Å². The fraction of sp³-hybridized carbons (Fsp3) is 0.200. The van der Waals surface area contributed by atoms with Crippen LogP contribution in [0.4, 0.5) is 24.5 Å². The van der Waals surface area contributed by atoms with Gasteiger partial charge >= 0.3 is 11.0 Å². The summed E-state index contributed by atoms with van der Waals surface area (Å²) < 4.78 is 47.6. The Labute approximate surface area is 250 Å². The van der Waals surface area contributed by atoms with Gasteiger partial charge in [-0.15, -0.1) is 0 Å². The van der Waals surface area contributed by atoms with Crippen molar-refractivity contribution < 1.29 is 32.3 Å². The van der Waals surface area contributed by atoms with Gasteiger partial charge in [-0.25, -0.2) is 4.90 Å². The van der Waals surface area contributed by atoms with E-state index in [4.69, 9.17) is 4.74 Å². The van der Waals surface area contributed by atoms with Crippen molar-refractivity contribution in [2.24, 2.45) is 5.92 Å². The summed E-state index contributed by atoms with van der Waals surface area (Å²) >= 11 is 1.81. The molecular formula is C30H22F3N3O5S2. The number of benzene rings is 3. The number of amides is 3. The number of alkyl halides is 3. The molecule has 0 spiro atoms. The number of carbonyl (C=O) groups is 3.